The zero-order valence-corrected chi connectivity index (χ0v) is 12.5. The van der Waals surface area contributed by atoms with E-state index in [0.29, 0.717) is 0 Å². The molecular formula is C19H20N2. The van der Waals surface area contributed by atoms with Crippen LogP contribution in [-0.4, -0.2) is 14.1 Å². The number of anilines is 2. The fourth-order valence-electron chi connectivity index (χ4n) is 2.65. The number of hydrogen-bond acceptors (Lipinski definition) is 2. The van der Waals surface area contributed by atoms with Crippen LogP contribution in [-0.2, 0) is 6.54 Å². The largest absolute Gasteiger partial charge is 0.379 e. The van der Waals surface area contributed by atoms with Gasteiger partial charge in [-0.1, -0.05) is 54.6 Å². The summed E-state index contributed by atoms with van der Waals surface area (Å²) in [5.74, 6) is 0. The quantitative estimate of drug-likeness (QED) is 0.753. The summed E-state index contributed by atoms with van der Waals surface area (Å²) in [4.78, 5) is 2.13. The molecule has 0 saturated carbocycles. The zero-order chi connectivity index (χ0) is 14.7. The molecule has 21 heavy (non-hydrogen) atoms. The average molecular weight is 276 g/mol. The van der Waals surface area contributed by atoms with E-state index in [1.54, 1.807) is 0 Å². The number of para-hydroxylation sites is 2. The molecule has 2 nitrogen and oxygen atoms in total. The van der Waals surface area contributed by atoms with Crippen LogP contribution in [0.5, 0.6) is 0 Å². The van der Waals surface area contributed by atoms with Crippen molar-refractivity contribution in [3.05, 3.63) is 72.3 Å². The highest BCUT2D eigenvalue weighted by molar-refractivity contribution is 5.86. The van der Waals surface area contributed by atoms with Crippen LogP contribution in [0.3, 0.4) is 0 Å². The van der Waals surface area contributed by atoms with Crippen molar-refractivity contribution in [2.24, 2.45) is 0 Å². The molecule has 0 saturated heterocycles. The third-order valence-corrected chi connectivity index (χ3v) is 3.74. The van der Waals surface area contributed by atoms with Crippen LogP contribution in [0.1, 0.15) is 5.56 Å². The number of fused-ring (bicyclic) bond motifs is 1. The third-order valence-electron chi connectivity index (χ3n) is 3.74. The summed E-state index contributed by atoms with van der Waals surface area (Å²) in [5.41, 5.74) is 3.69. The second kappa shape index (κ2) is 5.88. The second-order valence-electron chi connectivity index (χ2n) is 5.40. The van der Waals surface area contributed by atoms with Crippen LogP contribution in [0, 0.1) is 0 Å². The van der Waals surface area contributed by atoms with Gasteiger partial charge in [0.05, 0.1) is 11.4 Å². The van der Waals surface area contributed by atoms with Gasteiger partial charge in [0, 0.05) is 20.6 Å². The lowest BCUT2D eigenvalue weighted by molar-refractivity contribution is 1.11. The van der Waals surface area contributed by atoms with Gasteiger partial charge in [0.15, 0.2) is 0 Å². The molecule has 0 aliphatic rings. The van der Waals surface area contributed by atoms with E-state index in [-0.39, 0.29) is 0 Å². The minimum absolute atomic E-state index is 0.826. The first-order valence-corrected chi connectivity index (χ1v) is 7.22. The summed E-state index contributed by atoms with van der Waals surface area (Å²) in [6, 6.07) is 23.4. The third kappa shape index (κ3) is 2.84. The predicted octanol–water partition coefficient (Wildman–Crippen LogP) is 4.52. The Labute approximate surface area is 126 Å². The molecular weight excluding hydrogens is 256 g/mol. The summed E-state index contributed by atoms with van der Waals surface area (Å²) in [6.07, 6.45) is 0. The molecule has 2 heteroatoms. The molecule has 1 N–H and O–H groups in total. The molecule has 3 aromatic rings. The molecule has 0 aromatic heterocycles. The number of rotatable bonds is 4. The van der Waals surface area contributed by atoms with E-state index in [9.17, 15) is 0 Å². The second-order valence-corrected chi connectivity index (χ2v) is 5.40. The van der Waals surface area contributed by atoms with Crippen molar-refractivity contribution in [2.45, 2.75) is 6.54 Å². The van der Waals surface area contributed by atoms with Gasteiger partial charge in [0.2, 0.25) is 0 Å². The first-order valence-electron chi connectivity index (χ1n) is 7.22. The van der Waals surface area contributed by atoms with Gasteiger partial charge in [0.25, 0.3) is 0 Å². The molecule has 0 fully saturated rings. The van der Waals surface area contributed by atoms with E-state index in [4.69, 9.17) is 0 Å². The smallest absolute Gasteiger partial charge is 0.0596 e. The maximum Gasteiger partial charge on any atom is 0.0596 e. The molecule has 0 amide bonds. The summed E-state index contributed by atoms with van der Waals surface area (Å²) in [6.45, 7) is 0.826. The Kier molecular flexibility index (Phi) is 3.78. The Morgan fingerprint density at radius 3 is 2.38 bits per heavy atom. The highest BCUT2D eigenvalue weighted by atomic mass is 15.1. The Morgan fingerprint density at radius 2 is 1.52 bits per heavy atom. The molecule has 0 radical (unpaired) electrons. The Morgan fingerprint density at radius 1 is 0.810 bits per heavy atom. The van der Waals surface area contributed by atoms with Crippen LogP contribution >= 0.6 is 0 Å². The monoisotopic (exact) mass is 276 g/mol. The lowest BCUT2D eigenvalue weighted by Crippen LogP contribution is -2.12. The Bertz CT molecular complexity index is 742. The number of benzene rings is 3. The Balaban J connectivity index is 1.87. The van der Waals surface area contributed by atoms with Gasteiger partial charge in [-0.05, 0) is 28.5 Å². The van der Waals surface area contributed by atoms with Gasteiger partial charge in [-0.2, -0.15) is 0 Å². The van der Waals surface area contributed by atoms with E-state index in [0.717, 1.165) is 12.2 Å². The van der Waals surface area contributed by atoms with Gasteiger partial charge in [0.1, 0.15) is 0 Å². The zero-order valence-electron chi connectivity index (χ0n) is 12.5. The lowest BCUT2D eigenvalue weighted by Gasteiger charge is -2.18. The maximum absolute atomic E-state index is 3.56. The molecule has 0 bridgehead atoms. The molecule has 0 atom stereocenters. The maximum atomic E-state index is 3.56. The van der Waals surface area contributed by atoms with E-state index >= 15 is 0 Å². The topological polar surface area (TPSA) is 15.3 Å². The highest BCUT2D eigenvalue weighted by Gasteiger charge is 2.04. The standard InChI is InChI=1S/C19H20N2/c1-21(2)19-13-6-5-12-18(19)20-14-16-10-7-9-15-8-3-4-11-17(15)16/h3-13,20H,14H2,1-2H3. The van der Waals surface area contributed by atoms with E-state index < -0.39 is 0 Å². The van der Waals surface area contributed by atoms with Crippen LogP contribution in [0.25, 0.3) is 10.8 Å². The highest BCUT2D eigenvalue weighted by Crippen LogP contribution is 2.25. The van der Waals surface area contributed by atoms with Gasteiger partial charge in [-0.25, -0.2) is 0 Å². The van der Waals surface area contributed by atoms with Crippen LogP contribution < -0.4 is 10.2 Å². The van der Waals surface area contributed by atoms with Crippen molar-refractivity contribution in [3.8, 4) is 0 Å². The van der Waals surface area contributed by atoms with Crippen LogP contribution in [0.2, 0.25) is 0 Å². The molecule has 3 aromatic carbocycles. The van der Waals surface area contributed by atoms with Gasteiger partial charge in [-0.15, -0.1) is 0 Å². The van der Waals surface area contributed by atoms with Crippen molar-refractivity contribution in [3.63, 3.8) is 0 Å². The van der Waals surface area contributed by atoms with Gasteiger partial charge >= 0.3 is 0 Å². The number of nitrogens with one attached hydrogen (secondary N) is 1. The molecule has 106 valence electrons. The predicted molar refractivity (Wildman–Crippen MR) is 92.0 cm³/mol. The molecule has 0 aliphatic carbocycles. The minimum Gasteiger partial charge on any atom is -0.379 e. The van der Waals surface area contributed by atoms with E-state index in [1.807, 2.05) is 0 Å². The van der Waals surface area contributed by atoms with E-state index in [1.165, 1.54) is 22.0 Å². The fraction of sp³-hybridized carbons (Fsp3) is 0.158. The molecule has 0 aliphatic heterocycles. The Hall–Kier alpha value is -2.48. The molecule has 0 heterocycles. The number of nitrogens with zero attached hydrogens (tertiary/aromatic N) is 1. The van der Waals surface area contributed by atoms with Crippen molar-refractivity contribution in [2.75, 3.05) is 24.3 Å². The van der Waals surface area contributed by atoms with Crippen molar-refractivity contribution < 1.29 is 0 Å². The summed E-state index contributed by atoms with van der Waals surface area (Å²) in [7, 11) is 4.14. The first kappa shape index (κ1) is 13.5. The minimum atomic E-state index is 0.826. The molecule has 0 unspecified atom stereocenters. The van der Waals surface area contributed by atoms with Gasteiger partial charge < -0.3 is 10.2 Å². The normalized spacial score (nSPS) is 10.6. The van der Waals surface area contributed by atoms with E-state index in [2.05, 4.69) is 91.0 Å². The van der Waals surface area contributed by atoms with Gasteiger partial charge in [-0.3, -0.25) is 0 Å². The van der Waals surface area contributed by atoms with Crippen molar-refractivity contribution >= 4 is 22.1 Å². The molecule has 0 spiro atoms. The lowest BCUT2D eigenvalue weighted by atomic mass is 10.0. The fourth-order valence-corrected chi connectivity index (χ4v) is 2.65. The summed E-state index contributed by atoms with van der Waals surface area (Å²) >= 11 is 0. The van der Waals surface area contributed by atoms with Crippen molar-refractivity contribution in [1.82, 2.24) is 0 Å². The average Bonchev–Trinajstić information content (AvgIpc) is 2.53. The van der Waals surface area contributed by atoms with Crippen LogP contribution in [0.4, 0.5) is 11.4 Å². The SMILES string of the molecule is CN(C)c1ccccc1NCc1cccc2ccccc12. The summed E-state index contributed by atoms with van der Waals surface area (Å²) in [5, 5.41) is 6.17. The number of hydrogen-bond donors (Lipinski definition) is 1. The first-order chi connectivity index (χ1) is 10.3. The molecule has 3 rings (SSSR count). The van der Waals surface area contributed by atoms with Crippen molar-refractivity contribution in [1.29, 1.82) is 0 Å². The summed E-state index contributed by atoms with van der Waals surface area (Å²) < 4.78 is 0. The van der Waals surface area contributed by atoms with Crippen LogP contribution in [0.15, 0.2) is 66.7 Å².